The summed E-state index contributed by atoms with van der Waals surface area (Å²) in [5.41, 5.74) is 0.749. The van der Waals surface area contributed by atoms with Crippen molar-refractivity contribution < 1.29 is 19.1 Å². The van der Waals surface area contributed by atoms with Gasteiger partial charge in [0.25, 0.3) is 5.91 Å². The van der Waals surface area contributed by atoms with E-state index in [-0.39, 0.29) is 4.32 Å². The summed E-state index contributed by atoms with van der Waals surface area (Å²) in [6, 6.07) is 9.82. The molecule has 0 aliphatic carbocycles. The lowest BCUT2D eigenvalue weighted by Gasteiger charge is -2.22. The van der Waals surface area contributed by atoms with Crippen molar-refractivity contribution in [3.05, 3.63) is 52.1 Å². The number of amides is 1. The third-order valence-corrected chi connectivity index (χ3v) is 6.36. The van der Waals surface area contributed by atoms with E-state index in [1.165, 1.54) is 16.7 Å². The van der Waals surface area contributed by atoms with Crippen molar-refractivity contribution in [2.45, 2.75) is 12.5 Å². The molecule has 2 heterocycles. The molecule has 1 amide bonds. The highest BCUT2D eigenvalue weighted by atomic mass is 35.5. The molecule has 1 fully saturated rings. The average Bonchev–Trinajstić information content (AvgIpc) is 3.22. The summed E-state index contributed by atoms with van der Waals surface area (Å²) >= 11 is 14.1. The van der Waals surface area contributed by atoms with E-state index in [0.717, 1.165) is 17.3 Å². The van der Waals surface area contributed by atoms with Crippen LogP contribution in [0.2, 0.25) is 5.02 Å². The molecular weight excluding hydrogens is 438 g/mol. The van der Waals surface area contributed by atoms with Crippen molar-refractivity contribution in [3.8, 4) is 11.3 Å². The molecule has 1 aromatic heterocycles. The first-order valence-corrected chi connectivity index (χ1v) is 11.3. The third kappa shape index (κ3) is 4.46. The van der Waals surface area contributed by atoms with E-state index in [1.807, 2.05) is 24.5 Å². The number of benzene rings is 1. The number of carboxylic acid groups (broad SMARTS) is 1. The molecule has 1 atom stereocenters. The molecule has 3 rings (SSSR count). The van der Waals surface area contributed by atoms with Gasteiger partial charge in [0, 0.05) is 11.6 Å². The summed E-state index contributed by atoms with van der Waals surface area (Å²) in [6.45, 7) is 0. The van der Waals surface area contributed by atoms with Crippen LogP contribution in [0.4, 0.5) is 0 Å². The van der Waals surface area contributed by atoms with E-state index in [2.05, 4.69) is 0 Å². The SMILES string of the molecule is CSCC[C@H](C(=O)O)N1C(=O)/C(=C/c2ccc(-c3ccccc3Cl)o2)SC1=S. The molecular formula is C19H16ClNO4S3. The number of furan rings is 1. The lowest BCUT2D eigenvalue weighted by molar-refractivity contribution is -0.145. The molecule has 0 spiro atoms. The van der Waals surface area contributed by atoms with E-state index in [9.17, 15) is 14.7 Å². The van der Waals surface area contributed by atoms with E-state index in [4.69, 9.17) is 28.2 Å². The molecule has 28 heavy (non-hydrogen) atoms. The van der Waals surface area contributed by atoms with Crippen LogP contribution in [-0.2, 0) is 9.59 Å². The van der Waals surface area contributed by atoms with Crippen molar-refractivity contribution in [1.82, 2.24) is 4.90 Å². The second-order valence-electron chi connectivity index (χ2n) is 5.87. The van der Waals surface area contributed by atoms with Gasteiger partial charge in [-0.25, -0.2) is 4.79 Å². The molecule has 5 nitrogen and oxygen atoms in total. The molecule has 1 N–H and O–H groups in total. The highest BCUT2D eigenvalue weighted by Gasteiger charge is 2.40. The van der Waals surface area contributed by atoms with Crippen LogP contribution in [-0.4, -0.2) is 44.3 Å². The summed E-state index contributed by atoms with van der Waals surface area (Å²) in [4.78, 5) is 25.9. The van der Waals surface area contributed by atoms with Crippen LogP contribution in [0.1, 0.15) is 12.2 Å². The number of nitrogens with zero attached hydrogens (tertiary/aromatic N) is 1. The molecule has 9 heteroatoms. The van der Waals surface area contributed by atoms with Gasteiger partial charge in [0.2, 0.25) is 0 Å². The number of halogens is 1. The molecule has 1 aromatic carbocycles. The first kappa shape index (κ1) is 21.0. The molecule has 2 aromatic rings. The topological polar surface area (TPSA) is 70.8 Å². The molecule has 0 unspecified atom stereocenters. The predicted octanol–water partition coefficient (Wildman–Crippen LogP) is 5.01. The Bertz CT molecular complexity index is 956. The average molecular weight is 454 g/mol. The number of carbonyl (C=O) groups excluding carboxylic acids is 1. The molecule has 146 valence electrons. The van der Waals surface area contributed by atoms with Gasteiger partial charge in [0.1, 0.15) is 21.9 Å². The van der Waals surface area contributed by atoms with Crippen molar-refractivity contribution in [2.24, 2.45) is 0 Å². The van der Waals surface area contributed by atoms with E-state index in [0.29, 0.717) is 33.6 Å². The summed E-state index contributed by atoms with van der Waals surface area (Å²) in [5.74, 6) is 0.179. The first-order valence-electron chi connectivity index (χ1n) is 8.26. The lowest BCUT2D eigenvalue weighted by atomic mass is 10.2. The van der Waals surface area contributed by atoms with Gasteiger partial charge < -0.3 is 9.52 Å². The number of thioether (sulfide) groups is 2. The highest BCUT2D eigenvalue weighted by molar-refractivity contribution is 8.26. The zero-order valence-electron chi connectivity index (χ0n) is 14.8. The van der Waals surface area contributed by atoms with Gasteiger partial charge in [-0.1, -0.05) is 47.7 Å². The monoisotopic (exact) mass is 453 g/mol. The number of carboxylic acids is 1. The maximum absolute atomic E-state index is 12.8. The van der Waals surface area contributed by atoms with Crippen molar-refractivity contribution >= 4 is 69.6 Å². The van der Waals surface area contributed by atoms with E-state index < -0.39 is 17.9 Å². The summed E-state index contributed by atoms with van der Waals surface area (Å²) < 4.78 is 6.03. The van der Waals surface area contributed by atoms with Gasteiger partial charge in [-0.15, -0.1) is 0 Å². The van der Waals surface area contributed by atoms with Crippen molar-refractivity contribution in [3.63, 3.8) is 0 Å². The Kier molecular flexibility index (Phi) is 6.87. The number of hydrogen-bond acceptors (Lipinski definition) is 6. The fraction of sp³-hybridized carbons (Fsp3) is 0.211. The van der Waals surface area contributed by atoms with Gasteiger partial charge in [0.15, 0.2) is 0 Å². The maximum Gasteiger partial charge on any atom is 0.326 e. The van der Waals surface area contributed by atoms with Crippen LogP contribution in [0, 0.1) is 0 Å². The normalized spacial score (nSPS) is 16.8. The zero-order valence-corrected chi connectivity index (χ0v) is 18.0. The van der Waals surface area contributed by atoms with Crippen LogP contribution in [0.25, 0.3) is 17.4 Å². The van der Waals surface area contributed by atoms with Crippen LogP contribution in [0.15, 0.2) is 45.7 Å². The number of carbonyl (C=O) groups is 2. The minimum Gasteiger partial charge on any atom is -0.480 e. The Balaban J connectivity index is 1.84. The van der Waals surface area contributed by atoms with E-state index in [1.54, 1.807) is 24.3 Å². The van der Waals surface area contributed by atoms with Crippen LogP contribution in [0.5, 0.6) is 0 Å². The maximum atomic E-state index is 12.8. The van der Waals surface area contributed by atoms with Gasteiger partial charge in [0.05, 0.1) is 9.93 Å². The minimum absolute atomic E-state index is 0.239. The number of rotatable bonds is 7. The Morgan fingerprint density at radius 1 is 1.39 bits per heavy atom. The van der Waals surface area contributed by atoms with Gasteiger partial charge in [-0.05, 0) is 42.7 Å². The molecule has 1 aliphatic rings. The molecule has 1 aliphatic heterocycles. The van der Waals surface area contributed by atoms with E-state index >= 15 is 0 Å². The fourth-order valence-electron chi connectivity index (χ4n) is 2.71. The fourth-order valence-corrected chi connectivity index (χ4v) is 4.73. The lowest BCUT2D eigenvalue weighted by Crippen LogP contribution is -2.44. The first-order chi connectivity index (χ1) is 13.4. The second-order valence-corrected chi connectivity index (χ2v) is 8.94. The minimum atomic E-state index is -1.06. The molecule has 1 saturated heterocycles. The van der Waals surface area contributed by atoms with Gasteiger partial charge in [-0.2, -0.15) is 11.8 Å². The largest absolute Gasteiger partial charge is 0.480 e. The summed E-state index contributed by atoms with van der Waals surface area (Å²) in [7, 11) is 0. The van der Waals surface area contributed by atoms with Gasteiger partial charge in [-0.3, -0.25) is 9.69 Å². The Morgan fingerprint density at radius 2 is 2.14 bits per heavy atom. The van der Waals surface area contributed by atoms with Crippen molar-refractivity contribution in [2.75, 3.05) is 12.0 Å². The highest BCUT2D eigenvalue weighted by Crippen LogP contribution is 2.36. The quantitative estimate of drug-likeness (QED) is 0.466. The van der Waals surface area contributed by atoms with Crippen LogP contribution < -0.4 is 0 Å². The molecule has 0 radical (unpaired) electrons. The Hall–Kier alpha value is -1.74. The number of aliphatic carboxylic acids is 1. The summed E-state index contributed by atoms with van der Waals surface area (Å²) in [5, 5.41) is 10.1. The summed E-state index contributed by atoms with van der Waals surface area (Å²) in [6.07, 6.45) is 3.79. The van der Waals surface area contributed by atoms with Gasteiger partial charge >= 0.3 is 5.97 Å². The predicted molar refractivity (Wildman–Crippen MR) is 119 cm³/mol. The standard InChI is InChI=1S/C19H16ClNO4S3/c1-27-9-8-14(18(23)24)21-17(22)16(28-19(21)26)10-11-6-7-15(25-11)12-4-2-3-5-13(12)20/h2-7,10,14H,8-9H2,1H3,(H,23,24)/b16-10-/t14-/m1/s1. The zero-order chi connectivity index (χ0) is 20.3. The third-order valence-electron chi connectivity index (χ3n) is 4.06. The molecule has 0 saturated carbocycles. The number of thiocarbonyl (C=S) groups is 1. The second kappa shape index (κ2) is 9.17. The molecule has 0 bridgehead atoms. The van der Waals surface area contributed by atoms with Crippen molar-refractivity contribution in [1.29, 1.82) is 0 Å². The van der Waals surface area contributed by atoms with Crippen LogP contribution in [0.3, 0.4) is 0 Å². The number of hydrogen-bond donors (Lipinski definition) is 1. The Labute approximate surface area is 181 Å². The smallest absolute Gasteiger partial charge is 0.326 e. The Morgan fingerprint density at radius 3 is 2.82 bits per heavy atom. The van der Waals surface area contributed by atoms with Crippen LogP contribution >= 0.6 is 47.3 Å².